The third-order valence-corrected chi connectivity index (χ3v) is 3.42. The Bertz CT molecular complexity index is 711. The molecule has 0 unspecified atom stereocenters. The van der Waals surface area contributed by atoms with Crippen molar-refractivity contribution >= 4 is 10.9 Å². The fourth-order valence-electron chi connectivity index (χ4n) is 2.45. The van der Waals surface area contributed by atoms with Crippen LogP contribution in [0.5, 0.6) is 0 Å². The van der Waals surface area contributed by atoms with Crippen molar-refractivity contribution in [1.29, 1.82) is 0 Å². The van der Waals surface area contributed by atoms with E-state index in [1.165, 1.54) is 10.9 Å². The summed E-state index contributed by atoms with van der Waals surface area (Å²) in [6, 6.07) is 12.3. The molecule has 0 saturated heterocycles. The molecule has 104 valence electrons. The zero-order chi connectivity index (χ0) is 13.9. The fraction of sp³-hybridized carbons (Fsp3) is 0.312. The number of hydrogen-bond acceptors (Lipinski definition) is 3. The quantitative estimate of drug-likeness (QED) is 0.773. The highest BCUT2D eigenvalue weighted by Gasteiger charge is 2.08. The van der Waals surface area contributed by atoms with Crippen LogP contribution in [0.4, 0.5) is 0 Å². The zero-order valence-electron chi connectivity index (χ0n) is 11.9. The minimum atomic E-state index is 0.723. The SMILES string of the molecule is CCn1nc(CNCc2ccc(C)o2)c2ccccc21. The van der Waals surface area contributed by atoms with Crippen LogP contribution in [0.1, 0.15) is 24.1 Å². The van der Waals surface area contributed by atoms with Crippen LogP contribution in [0.2, 0.25) is 0 Å². The Morgan fingerprint density at radius 2 is 2.00 bits per heavy atom. The van der Waals surface area contributed by atoms with E-state index in [2.05, 4.69) is 41.6 Å². The molecule has 0 amide bonds. The number of benzene rings is 1. The smallest absolute Gasteiger partial charge is 0.117 e. The molecule has 0 bridgehead atoms. The number of fused-ring (bicyclic) bond motifs is 1. The predicted octanol–water partition coefficient (Wildman–Crippen LogP) is 3.25. The number of aromatic nitrogens is 2. The number of nitrogens with one attached hydrogen (secondary N) is 1. The van der Waals surface area contributed by atoms with Crippen molar-refractivity contribution in [3.8, 4) is 0 Å². The molecule has 2 heterocycles. The van der Waals surface area contributed by atoms with Gasteiger partial charge in [-0.3, -0.25) is 4.68 Å². The lowest BCUT2D eigenvalue weighted by atomic mass is 10.2. The van der Waals surface area contributed by atoms with Gasteiger partial charge in [-0.05, 0) is 32.0 Å². The number of hydrogen-bond donors (Lipinski definition) is 1. The van der Waals surface area contributed by atoms with E-state index in [1.807, 2.05) is 23.7 Å². The average molecular weight is 269 g/mol. The molecule has 0 aliphatic heterocycles. The highest BCUT2D eigenvalue weighted by atomic mass is 16.3. The highest BCUT2D eigenvalue weighted by molar-refractivity contribution is 5.81. The van der Waals surface area contributed by atoms with Crippen LogP contribution >= 0.6 is 0 Å². The lowest BCUT2D eigenvalue weighted by molar-refractivity contribution is 0.460. The topological polar surface area (TPSA) is 43.0 Å². The second-order valence-corrected chi connectivity index (χ2v) is 4.90. The van der Waals surface area contributed by atoms with Gasteiger partial charge in [-0.2, -0.15) is 5.10 Å². The van der Waals surface area contributed by atoms with E-state index in [1.54, 1.807) is 0 Å². The first-order valence-electron chi connectivity index (χ1n) is 6.98. The predicted molar refractivity (Wildman–Crippen MR) is 79.4 cm³/mol. The van der Waals surface area contributed by atoms with Gasteiger partial charge in [0.25, 0.3) is 0 Å². The lowest BCUT2D eigenvalue weighted by Gasteiger charge is -2.00. The molecule has 0 spiro atoms. The summed E-state index contributed by atoms with van der Waals surface area (Å²) >= 11 is 0. The van der Waals surface area contributed by atoms with Gasteiger partial charge in [0.15, 0.2) is 0 Å². The van der Waals surface area contributed by atoms with Gasteiger partial charge in [-0.25, -0.2) is 0 Å². The summed E-state index contributed by atoms with van der Waals surface area (Å²) in [5.41, 5.74) is 2.28. The van der Waals surface area contributed by atoms with Gasteiger partial charge in [0, 0.05) is 18.5 Å². The molecule has 4 heteroatoms. The van der Waals surface area contributed by atoms with E-state index >= 15 is 0 Å². The molecular weight excluding hydrogens is 250 g/mol. The largest absolute Gasteiger partial charge is 0.465 e. The number of aryl methyl sites for hydroxylation is 2. The van der Waals surface area contributed by atoms with Crippen molar-refractivity contribution in [2.24, 2.45) is 0 Å². The van der Waals surface area contributed by atoms with Crippen LogP contribution in [0.3, 0.4) is 0 Å². The van der Waals surface area contributed by atoms with Gasteiger partial charge in [0.05, 0.1) is 17.8 Å². The van der Waals surface area contributed by atoms with Gasteiger partial charge < -0.3 is 9.73 Å². The average Bonchev–Trinajstić information content (AvgIpc) is 3.03. The summed E-state index contributed by atoms with van der Waals surface area (Å²) in [5, 5.41) is 9.28. The van der Waals surface area contributed by atoms with Crippen LogP contribution in [0.25, 0.3) is 10.9 Å². The van der Waals surface area contributed by atoms with Crippen molar-refractivity contribution in [1.82, 2.24) is 15.1 Å². The zero-order valence-corrected chi connectivity index (χ0v) is 11.9. The molecule has 2 aromatic heterocycles. The molecule has 0 saturated carbocycles. The highest BCUT2D eigenvalue weighted by Crippen LogP contribution is 2.18. The molecule has 3 aromatic rings. The number of para-hydroxylation sites is 1. The molecule has 1 N–H and O–H groups in total. The van der Waals surface area contributed by atoms with E-state index in [4.69, 9.17) is 4.42 Å². The Morgan fingerprint density at radius 3 is 2.75 bits per heavy atom. The molecule has 1 aromatic carbocycles. The van der Waals surface area contributed by atoms with E-state index in [-0.39, 0.29) is 0 Å². The first-order valence-corrected chi connectivity index (χ1v) is 6.98. The third kappa shape index (κ3) is 2.47. The maximum Gasteiger partial charge on any atom is 0.117 e. The Hall–Kier alpha value is -2.07. The molecule has 0 aliphatic rings. The first-order chi connectivity index (χ1) is 9.78. The van der Waals surface area contributed by atoms with Crippen LogP contribution < -0.4 is 5.32 Å². The molecule has 0 fully saturated rings. The van der Waals surface area contributed by atoms with Crippen molar-refractivity contribution in [3.05, 3.63) is 53.6 Å². The molecule has 0 atom stereocenters. The Morgan fingerprint density at radius 1 is 1.15 bits per heavy atom. The molecule has 4 nitrogen and oxygen atoms in total. The summed E-state index contributed by atoms with van der Waals surface area (Å²) in [4.78, 5) is 0. The Kier molecular flexibility index (Phi) is 3.56. The molecule has 20 heavy (non-hydrogen) atoms. The van der Waals surface area contributed by atoms with E-state index in [0.717, 1.165) is 36.8 Å². The summed E-state index contributed by atoms with van der Waals surface area (Å²) in [6.45, 7) is 6.43. The fourth-order valence-corrected chi connectivity index (χ4v) is 2.45. The molecule has 3 rings (SSSR count). The molecule has 0 aliphatic carbocycles. The van der Waals surface area contributed by atoms with Crippen LogP contribution in [-0.2, 0) is 19.6 Å². The van der Waals surface area contributed by atoms with Crippen LogP contribution in [0, 0.1) is 6.92 Å². The normalized spacial score (nSPS) is 11.3. The Labute approximate surface area is 118 Å². The minimum absolute atomic E-state index is 0.723. The summed E-state index contributed by atoms with van der Waals surface area (Å²) in [6.07, 6.45) is 0. The minimum Gasteiger partial charge on any atom is -0.465 e. The van der Waals surface area contributed by atoms with E-state index in [0.29, 0.717) is 0 Å². The summed E-state index contributed by atoms with van der Waals surface area (Å²) < 4.78 is 7.59. The standard InChI is InChI=1S/C16H19N3O/c1-3-19-16-7-5-4-6-14(16)15(18-19)11-17-10-13-9-8-12(2)20-13/h4-9,17H,3,10-11H2,1-2H3. The van der Waals surface area contributed by atoms with E-state index in [9.17, 15) is 0 Å². The number of rotatable bonds is 5. The van der Waals surface area contributed by atoms with Gasteiger partial charge in [-0.15, -0.1) is 0 Å². The monoisotopic (exact) mass is 269 g/mol. The van der Waals surface area contributed by atoms with E-state index < -0.39 is 0 Å². The van der Waals surface area contributed by atoms with Gasteiger partial charge in [0.1, 0.15) is 11.5 Å². The van der Waals surface area contributed by atoms with Crippen molar-refractivity contribution in [2.75, 3.05) is 0 Å². The van der Waals surface area contributed by atoms with Gasteiger partial charge in [0.2, 0.25) is 0 Å². The second-order valence-electron chi connectivity index (χ2n) is 4.90. The third-order valence-electron chi connectivity index (χ3n) is 3.42. The van der Waals surface area contributed by atoms with Gasteiger partial charge in [-0.1, -0.05) is 18.2 Å². The van der Waals surface area contributed by atoms with Gasteiger partial charge >= 0.3 is 0 Å². The molecular formula is C16H19N3O. The van der Waals surface area contributed by atoms with Crippen LogP contribution in [0.15, 0.2) is 40.8 Å². The molecule has 0 radical (unpaired) electrons. The maximum atomic E-state index is 5.55. The second kappa shape index (κ2) is 5.51. The lowest BCUT2D eigenvalue weighted by Crippen LogP contribution is -2.13. The summed E-state index contributed by atoms with van der Waals surface area (Å²) in [7, 11) is 0. The van der Waals surface area contributed by atoms with Crippen LogP contribution in [-0.4, -0.2) is 9.78 Å². The maximum absolute atomic E-state index is 5.55. The van der Waals surface area contributed by atoms with Crippen molar-refractivity contribution in [2.45, 2.75) is 33.5 Å². The van der Waals surface area contributed by atoms with Crippen molar-refractivity contribution < 1.29 is 4.42 Å². The number of furan rings is 1. The number of nitrogens with zero attached hydrogens (tertiary/aromatic N) is 2. The first kappa shape index (κ1) is 12.9. The Balaban J connectivity index is 1.74. The summed E-state index contributed by atoms with van der Waals surface area (Å²) in [5.74, 6) is 1.91. The van der Waals surface area contributed by atoms with Crippen molar-refractivity contribution in [3.63, 3.8) is 0 Å².